The van der Waals surface area contributed by atoms with Gasteiger partial charge in [-0.1, -0.05) is 46.4 Å². The molecule has 0 bridgehead atoms. The molecule has 8 heteroatoms. The van der Waals surface area contributed by atoms with Gasteiger partial charge in [0, 0.05) is 29.1 Å². The molecule has 1 unspecified atom stereocenters. The highest BCUT2D eigenvalue weighted by molar-refractivity contribution is 6.42. The first-order valence-electron chi connectivity index (χ1n) is 8.96. The van der Waals surface area contributed by atoms with Crippen LogP contribution < -0.4 is 0 Å². The molecule has 1 aliphatic rings. The number of hydrogen-bond donors (Lipinski definition) is 1. The minimum atomic E-state index is 0.0604. The molecule has 0 saturated carbocycles. The van der Waals surface area contributed by atoms with Crippen molar-refractivity contribution in [3.63, 3.8) is 0 Å². The van der Waals surface area contributed by atoms with E-state index in [4.69, 9.17) is 46.4 Å². The molecule has 2 aromatic carbocycles. The third kappa shape index (κ3) is 4.25. The third-order valence-corrected chi connectivity index (χ3v) is 6.14. The highest BCUT2D eigenvalue weighted by Crippen LogP contribution is 2.31. The van der Waals surface area contributed by atoms with Crippen molar-refractivity contribution < 1.29 is 4.79 Å². The Morgan fingerprint density at radius 1 is 1.07 bits per heavy atom. The number of nitrogens with zero attached hydrogens (tertiary/aromatic N) is 2. The lowest BCUT2D eigenvalue weighted by atomic mass is 9.96. The summed E-state index contributed by atoms with van der Waals surface area (Å²) in [7, 11) is 0. The first-order valence-corrected chi connectivity index (χ1v) is 10.5. The van der Waals surface area contributed by atoms with Crippen molar-refractivity contribution in [3.05, 3.63) is 61.8 Å². The second-order valence-corrected chi connectivity index (χ2v) is 8.73. The fourth-order valence-corrected chi connectivity index (χ4v) is 4.54. The number of nitrogens with one attached hydrogen (secondary N) is 1. The van der Waals surface area contributed by atoms with Crippen LogP contribution in [0.4, 0.5) is 0 Å². The number of imidazole rings is 1. The largest absolute Gasteiger partial charge is 0.342 e. The fourth-order valence-electron chi connectivity index (χ4n) is 3.64. The van der Waals surface area contributed by atoms with Crippen molar-refractivity contribution in [3.8, 4) is 0 Å². The van der Waals surface area contributed by atoms with Gasteiger partial charge in [-0.2, -0.15) is 0 Å². The lowest BCUT2D eigenvalue weighted by molar-refractivity contribution is -0.131. The highest BCUT2D eigenvalue weighted by atomic mass is 35.5. The van der Waals surface area contributed by atoms with Crippen molar-refractivity contribution >= 4 is 63.3 Å². The maximum absolute atomic E-state index is 12.8. The standard InChI is InChI=1S/C20H17Cl4N3O/c21-13-4-11(5-14(22)7-13)6-19(28)27-3-1-2-12(10-27)20-25-17-8-15(23)16(24)9-18(17)26-20/h4-5,7-9,12H,1-3,6,10H2,(H,25,26). The lowest BCUT2D eigenvalue weighted by Crippen LogP contribution is -2.40. The quantitative estimate of drug-likeness (QED) is 0.515. The van der Waals surface area contributed by atoms with E-state index in [1.165, 1.54) is 0 Å². The number of H-pyrrole nitrogens is 1. The summed E-state index contributed by atoms with van der Waals surface area (Å²) in [5.74, 6) is 1.06. The van der Waals surface area contributed by atoms with Crippen LogP contribution in [0.1, 0.15) is 30.1 Å². The molecule has 3 aromatic rings. The molecule has 1 N–H and O–H groups in total. The monoisotopic (exact) mass is 455 g/mol. The zero-order valence-electron chi connectivity index (χ0n) is 14.8. The Bertz CT molecular complexity index is 990. The van der Waals surface area contributed by atoms with E-state index in [-0.39, 0.29) is 18.2 Å². The van der Waals surface area contributed by atoms with E-state index in [1.54, 1.807) is 30.3 Å². The Kier molecular flexibility index (Phi) is 5.75. The van der Waals surface area contributed by atoms with Gasteiger partial charge in [-0.15, -0.1) is 0 Å². The summed E-state index contributed by atoms with van der Waals surface area (Å²) >= 11 is 24.3. The van der Waals surface area contributed by atoms with Gasteiger partial charge in [0.2, 0.25) is 5.91 Å². The molecule has 28 heavy (non-hydrogen) atoms. The Morgan fingerprint density at radius 3 is 2.54 bits per heavy atom. The Balaban J connectivity index is 1.50. The summed E-state index contributed by atoms with van der Waals surface area (Å²) in [6.07, 6.45) is 2.16. The number of aromatic nitrogens is 2. The summed E-state index contributed by atoms with van der Waals surface area (Å²) in [6.45, 7) is 1.36. The highest BCUT2D eigenvalue weighted by Gasteiger charge is 2.27. The van der Waals surface area contributed by atoms with E-state index in [0.717, 1.165) is 41.8 Å². The number of halogens is 4. The Hall–Kier alpha value is -1.46. The number of hydrogen-bond acceptors (Lipinski definition) is 2. The minimum absolute atomic E-state index is 0.0604. The number of fused-ring (bicyclic) bond motifs is 1. The smallest absolute Gasteiger partial charge is 0.227 e. The van der Waals surface area contributed by atoms with E-state index < -0.39 is 0 Å². The van der Waals surface area contributed by atoms with Gasteiger partial charge in [0.15, 0.2) is 0 Å². The van der Waals surface area contributed by atoms with Gasteiger partial charge in [-0.3, -0.25) is 4.79 Å². The van der Waals surface area contributed by atoms with Crippen molar-refractivity contribution in [1.82, 2.24) is 14.9 Å². The van der Waals surface area contributed by atoms with E-state index in [0.29, 0.717) is 26.6 Å². The number of rotatable bonds is 3. The molecule has 0 spiro atoms. The number of piperidine rings is 1. The molecule has 1 fully saturated rings. The van der Waals surface area contributed by atoms with Crippen molar-refractivity contribution in [2.45, 2.75) is 25.2 Å². The summed E-state index contributed by atoms with van der Waals surface area (Å²) < 4.78 is 0. The van der Waals surface area contributed by atoms with Crippen molar-refractivity contribution in [1.29, 1.82) is 0 Å². The first-order chi connectivity index (χ1) is 13.4. The SMILES string of the molecule is O=C(Cc1cc(Cl)cc(Cl)c1)N1CCCC(c2nc3cc(Cl)c(Cl)cc3[nH]2)C1. The lowest BCUT2D eigenvalue weighted by Gasteiger charge is -2.32. The predicted octanol–water partition coefficient (Wildman–Crippen LogP) is 6.13. The number of amides is 1. The van der Waals surface area contributed by atoms with E-state index >= 15 is 0 Å². The van der Waals surface area contributed by atoms with Crippen LogP contribution in [0.15, 0.2) is 30.3 Å². The zero-order valence-corrected chi connectivity index (χ0v) is 17.8. The number of carbonyl (C=O) groups is 1. The van der Waals surface area contributed by atoms with Crippen LogP contribution in [-0.4, -0.2) is 33.9 Å². The molecule has 1 atom stereocenters. The summed E-state index contributed by atoms with van der Waals surface area (Å²) in [5, 5.41) is 2.04. The first kappa shape index (κ1) is 19.8. The Morgan fingerprint density at radius 2 is 1.79 bits per heavy atom. The van der Waals surface area contributed by atoms with Gasteiger partial charge in [0.05, 0.1) is 27.5 Å². The minimum Gasteiger partial charge on any atom is -0.342 e. The number of aromatic amines is 1. The molecule has 1 amide bonds. The van der Waals surface area contributed by atoms with Crippen LogP contribution >= 0.6 is 46.4 Å². The van der Waals surface area contributed by atoms with Gasteiger partial charge in [-0.25, -0.2) is 4.98 Å². The van der Waals surface area contributed by atoms with Gasteiger partial charge >= 0.3 is 0 Å². The van der Waals surface area contributed by atoms with Crippen LogP contribution in [-0.2, 0) is 11.2 Å². The topological polar surface area (TPSA) is 49.0 Å². The van der Waals surface area contributed by atoms with Gasteiger partial charge in [0.1, 0.15) is 5.82 Å². The second kappa shape index (κ2) is 8.11. The number of carbonyl (C=O) groups excluding carboxylic acids is 1. The van der Waals surface area contributed by atoms with Crippen LogP contribution in [0.25, 0.3) is 11.0 Å². The predicted molar refractivity (Wildman–Crippen MR) is 115 cm³/mol. The summed E-state index contributed by atoms with van der Waals surface area (Å²) in [4.78, 5) is 22.7. The van der Waals surface area contributed by atoms with Crippen LogP contribution in [0.2, 0.25) is 20.1 Å². The molecule has 1 saturated heterocycles. The van der Waals surface area contributed by atoms with Crippen LogP contribution in [0.3, 0.4) is 0 Å². The van der Waals surface area contributed by atoms with E-state index in [1.807, 2.05) is 4.90 Å². The molecule has 0 aliphatic carbocycles. The van der Waals surface area contributed by atoms with Crippen LogP contribution in [0.5, 0.6) is 0 Å². The molecule has 1 aliphatic heterocycles. The molecule has 0 radical (unpaired) electrons. The molecule has 1 aromatic heterocycles. The molecule has 4 nitrogen and oxygen atoms in total. The average molecular weight is 457 g/mol. The van der Waals surface area contributed by atoms with Crippen molar-refractivity contribution in [2.75, 3.05) is 13.1 Å². The molecular formula is C20H17Cl4N3O. The maximum Gasteiger partial charge on any atom is 0.227 e. The van der Waals surface area contributed by atoms with E-state index in [9.17, 15) is 4.79 Å². The number of likely N-dealkylation sites (tertiary alicyclic amines) is 1. The second-order valence-electron chi connectivity index (χ2n) is 7.04. The summed E-state index contributed by atoms with van der Waals surface area (Å²) in [6, 6.07) is 8.76. The molecular weight excluding hydrogens is 440 g/mol. The molecule has 2 heterocycles. The van der Waals surface area contributed by atoms with Gasteiger partial charge in [-0.05, 0) is 48.7 Å². The van der Waals surface area contributed by atoms with Crippen LogP contribution in [0, 0.1) is 0 Å². The van der Waals surface area contributed by atoms with E-state index in [2.05, 4.69) is 9.97 Å². The normalized spacial score (nSPS) is 17.3. The summed E-state index contributed by atoms with van der Waals surface area (Å²) in [5.41, 5.74) is 2.44. The fraction of sp³-hybridized carbons (Fsp3) is 0.300. The molecule has 4 rings (SSSR count). The third-order valence-electron chi connectivity index (χ3n) is 4.98. The Labute approximate surface area is 182 Å². The molecule has 146 valence electrons. The van der Waals surface area contributed by atoms with Gasteiger partial charge in [0.25, 0.3) is 0 Å². The number of benzene rings is 2. The van der Waals surface area contributed by atoms with Gasteiger partial charge < -0.3 is 9.88 Å². The average Bonchev–Trinajstić information content (AvgIpc) is 3.04. The van der Waals surface area contributed by atoms with Crippen molar-refractivity contribution in [2.24, 2.45) is 0 Å². The maximum atomic E-state index is 12.8. The zero-order chi connectivity index (χ0) is 19.8.